The molecule has 3 rings (SSSR count). The lowest BCUT2D eigenvalue weighted by Crippen LogP contribution is -2.46. The van der Waals surface area contributed by atoms with Crippen LogP contribution in [-0.4, -0.2) is 18.6 Å². The van der Waals surface area contributed by atoms with Crippen LogP contribution in [0.1, 0.15) is 51.0 Å². The minimum atomic E-state index is 0.0842. The van der Waals surface area contributed by atoms with E-state index in [2.05, 4.69) is 37.4 Å². The summed E-state index contributed by atoms with van der Waals surface area (Å²) in [7, 11) is 0. The van der Waals surface area contributed by atoms with Crippen LogP contribution >= 0.6 is 0 Å². The van der Waals surface area contributed by atoms with Crippen molar-refractivity contribution in [1.29, 1.82) is 0 Å². The smallest absolute Gasteiger partial charge is 0.322 e. The summed E-state index contributed by atoms with van der Waals surface area (Å²) < 4.78 is 0. The minimum absolute atomic E-state index is 0.0842. The maximum Gasteiger partial charge on any atom is 0.322 e. The number of para-hydroxylation sites is 1. The Morgan fingerprint density at radius 1 is 1.25 bits per heavy atom. The van der Waals surface area contributed by atoms with Crippen molar-refractivity contribution in [2.75, 3.05) is 11.4 Å². The third kappa shape index (κ3) is 2.54. The van der Waals surface area contributed by atoms with E-state index in [1.165, 1.54) is 18.4 Å². The summed E-state index contributed by atoms with van der Waals surface area (Å²) in [5.41, 5.74) is 2.38. The number of hydrogen-bond acceptors (Lipinski definition) is 1. The highest BCUT2D eigenvalue weighted by Gasteiger charge is 2.31. The van der Waals surface area contributed by atoms with E-state index >= 15 is 0 Å². The Morgan fingerprint density at radius 2 is 2.05 bits per heavy atom. The van der Waals surface area contributed by atoms with Crippen LogP contribution in [0.5, 0.6) is 0 Å². The van der Waals surface area contributed by atoms with E-state index < -0.39 is 0 Å². The molecule has 20 heavy (non-hydrogen) atoms. The van der Waals surface area contributed by atoms with Gasteiger partial charge in [-0.2, -0.15) is 0 Å². The lowest BCUT2D eigenvalue weighted by Gasteiger charge is -2.29. The summed E-state index contributed by atoms with van der Waals surface area (Å²) in [6.45, 7) is 5.27. The number of amides is 2. The quantitative estimate of drug-likeness (QED) is 0.826. The maximum atomic E-state index is 12.5. The zero-order valence-corrected chi connectivity index (χ0v) is 12.4. The lowest BCUT2D eigenvalue weighted by atomic mass is 9.87. The van der Waals surface area contributed by atoms with Crippen molar-refractivity contribution in [3.8, 4) is 0 Å². The zero-order chi connectivity index (χ0) is 14.1. The van der Waals surface area contributed by atoms with Gasteiger partial charge in [0.15, 0.2) is 0 Å². The van der Waals surface area contributed by atoms with Gasteiger partial charge in [0.1, 0.15) is 0 Å². The fraction of sp³-hybridized carbons (Fsp3) is 0.588. The van der Waals surface area contributed by atoms with Crippen LogP contribution in [0.2, 0.25) is 0 Å². The average molecular weight is 272 g/mol. The van der Waals surface area contributed by atoms with Crippen molar-refractivity contribution in [2.45, 2.75) is 51.5 Å². The Labute approximate surface area is 121 Å². The van der Waals surface area contributed by atoms with Crippen LogP contribution in [0.15, 0.2) is 24.3 Å². The molecule has 0 spiro atoms. The van der Waals surface area contributed by atoms with Gasteiger partial charge in [-0.05, 0) is 30.4 Å². The van der Waals surface area contributed by atoms with Crippen molar-refractivity contribution in [3.63, 3.8) is 0 Å². The molecule has 1 aliphatic heterocycles. The molecule has 1 saturated carbocycles. The van der Waals surface area contributed by atoms with Gasteiger partial charge in [0.2, 0.25) is 0 Å². The molecule has 0 aromatic heterocycles. The number of hydrogen-bond donors (Lipinski definition) is 1. The number of benzene rings is 1. The van der Waals surface area contributed by atoms with E-state index in [1.54, 1.807) is 0 Å². The summed E-state index contributed by atoms with van der Waals surface area (Å²) in [6.07, 6.45) is 4.78. The molecule has 1 aliphatic carbocycles. The SMILES string of the molecule is CC1CCCC(NC(=O)N2CC(C)c3ccccc32)C1. The van der Waals surface area contributed by atoms with Gasteiger partial charge >= 0.3 is 6.03 Å². The summed E-state index contributed by atoms with van der Waals surface area (Å²) in [5, 5.41) is 3.24. The van der Waals surface area contributed by atoms with Crippen LogP contribution < -0.4 is 10.2 Å². The number of urea groups is 1. The van der Waals surface area contributed by atoms with Crippen LogP contribution in [0.3, 0.4) is 0 Å². The molecule has 1 heterocycles. The first-order chi connectivity index (χ1) is 9.65. The van der Waals surface area contributed by atoms with Crippen molar-refractivity contribution in [3.05, 3.63) is 29.8 Å². The number of anilines is 1. The van der Waals surface area contributed by atoms with Gasteiger partial charge in [-0.25, -0.2) is 4.79 Å². The molecular formula is C17H24N2O. The molecule has 0 saturated heterocycles. The predicted molar refractivity (Wildman–Crippen MR) is 82.2 cm³/mol. The molecule has 2 aliphatic rings. The van der Waals surface area contributed by atoms with E-state index in [4.69, 9.17) is 0 Å². The van der Waals surface area contributed by atoms with Crippen molar-refractivity contribution in [2.24, 2.45) is 5.92 Å². The van der Waals surface area contributed by atoms with E-state index in [9.17, 15) is 4.79 Å². The molecule has 1 fully saturated rings. The first-order valence-corrected chi connectivity index (χ1v) is 7.82. The Morgan fingerprint density at radius 3 is 2.85 bits per heavy atom. The molecule has 0 bridgehead atoms. The second kappa shape index (κ2) is 5.47. The third-order valence-electron chi connectivity index (χ3n) is 4.72. The molecule has 3 atom stereocenters. The fourth-order valence-corrected chi connectivity index (χ4v) is 3.63. The van der Waals surface area contributed by atoms with Crippen LogP contribution in [0, 0.1) is 5.92 Å². The largest absolute Gasteiger partial charge is 0.335 e. The van der Waals surface area contributed by atoms with Gasteiger partial charge in [-0.1, -0.05) is 44.9 Å². The minimum Gasteiger partial charge on any atom is -0.335 e. The molecular weight excluding hydrogens is 248 g/mol. The molecule has 3 heteroatoms. The summed E-state index contributed by atoms with van der Waals surface area (Å²) in [5.74, 6) is 1.17. The fourth-order valence-electron chi connectivity index (χ4n) is 3.63. The van der Waals surface area contributed by atoms with Crippen LogP contribution in [-0.2, 0) is 0 Å². The number of nitrogens with zero attached hydrogens (tertiary/aromatic N) is 1. The molecule has 3 unspecified atom stereocenters. The molecule has 1 N–H and O–H groups in total. The second-order valence-electron chi connectivity index (χ2n) is 6.49. The predicted octanol–water partition coefficient (Wildman–Crippen LogP) is 3.90. The van der Waals surface area contributed by atoms with Gasteiger partial charge in [0.05, 0.1) is 0 Å². The Kier molecular flexibility index (Phi) is 3.68. The lowest BCUT2D eigenvalue weighted by molar-refractivity contribution is 0.233. The van der Waals surface area contributed by atoms with Gasteiger partial charge < -0.3 is 5.32 Å². The highest BCUT2D eigenvalue weighted by molar-refractivity contribution is 5.94. The topological polar surface area (TPSA) is 32.3 Å². The van der Waals surface area contributed by atoms with Crippen LogP contribution in [0.4, 0.5) is 10.5 Å². The highest BCUT2D eigenvalue weighted by Crippen LogP contribution is 2.35. The highest BCUT2D eigenvalue weighted by atomic mass is 16.2. The Hall–Kier alpha value is -1.51. The monoisotopic (exact) mass is 272 g/mol. The molecule has 3 nitrogen and oxygen atoms in total. The van der Waals surface area contributed by atoms with Crippen LogP contribution in [0.25, 0.3) is 0 Å². The first-order valence-electron chi connectivity index (χ1n) is 7.82. The molecule has 1 aromatic carbocycles. The first kappa shape index (κ1) is 13.5. The van der Waals surface area contributed by atoms with E-state index in [0.29, 0.717) is 12.0 Å². The normalized spacial score (nSPS) is 29.1. The number of fused-ring (bicyclic) bond motifs is 1. The van der Waals surface area contributed by atoms with E-state index in [0.717, 1.165) is 31.0 Å². The van der Waals surface area contributed by atoms with E-state index in [1.807, 2.05) is 11.0 Å². The number of nitrogens with one attached hydrogen (secondary N) is 1. The molecule has 2 amide bonds. The Bertz CT molecular complexity index is 500. The van der Waals surface area contributed by atoms with Gasteiger partial charge in [0, 0.05) is 24.2 Å². The Balaban J connectivity index is 1.69. The molecule has 0 radical (unpaired) electrons. The average Bonchev–Trinajstić information content (AvgIpc) is 2.77. The molecule has 1 aromatic rings. The number of carbonyl (C=O) groups is 1. The number of rotatable bonds is 1. The summed E-state index contributed by atoms with van der Waals surface area (Å²) in [6, 6.07) is 8.70. The maximum absolute atomic E-state index is 12.5. The standard InChI is InChI=1S/C17H24N2O/c1-12-6-5-7-14(10-12)18-17(20)19-11-13(2)15-8-3-4-9-16(15)19/h3-4,8-9,12-14H,5-7,10-11H2,1-2H3,(H,18,20). The van der Waals surface area contributed by atoms with Gasteiger partial charge in [0.25, 0.3) is 0 Å². The summed E-state index contributed by atoms with van der Waals surface area (Å²) in [4.78, 5) is 14.5. The van der Waals surface area contributed by atoms with E-state index in [-0.39, 0.29) is 6.03 Å². The number of carbonyl (C=O) groups excluding carboxylic acids is 1. The van der Waals surface area contributed by atoms with Crippen molar-refractivity contribution in [1.82, 2.24) is 5.32 Å². The zero-order valence-electron chi connectivity index (χ0n) is 12.4. The third-order valence-corrected chi connectivity index (χ3v) is 4.72. The van der Waals surface area contributed by atoms with Gasteiger partial charge in [-0.15, -0.1) is 0 Å². The second-order valence-corrected chi connectivity index (χ2v) is 6.49. The molecule has 108 valence electrons. The summed E-state index contributed by atoms with van der Waals surface area (Å²) >= 11 is 0. The van der Waals surface area contributed by atoms with Gasteiger partial charge in [-0.3, -0.25) is 4.90 Å². The van der Waals surface area contributed by atoms with Crippen molar-refractivity contribution < 1.29 is 4.79 Å². The van der Waals surface area contributed by atoms with Crippen molar-refractivity contribution >= 4 is 11.7 Å².